The number of hydrogen-bond acceptors (Lipinski definition) is 6. The van der Waals surface area contributed by atoms with Crippen molar-refractivity contribution in [3.05, 3.63) is 42.0 Å². The zero-order valence-corrected chi connectivity index (χ0v) is 12.3. The summed E-state index contributed by atoms with van der Waals surface area (Å²) >= 11 is 0. The largest absolute Gasteiger partial charge is 0.309 e. The van der Waals surface area contributed by atoms with Crippen molar-refractivity contribution in [2.75, 3.05) is 12.3 Å². The van der Waals surface area contributed by atoms with Crippen LogP contribution in [0, 0.1) is 11.3 Å². The first-order valence-corrected chi connectivity index (χ1v) is 7.94. The van der Waals surface area contributed by atoms with Crippen LogP contribution in [0.15, 0.2) is 35.5 Å². The van der Waals surface area contributed by atoms with Crippen molar-refractivity contribution >= 4 is 9.84 Å². The quantitative estimate of drug-likeness (QED) is 0.768. The molecule has 0 atom stereocenters. The highest BCUT2D eigenvalue weighted by atomic mass is 32.2. The van der Waals surface area contributed by atoms with Gasteiger partial charge >= 0.3 is 0 Å². The third-order valence-corrected chi connectivity index (χ3v) is 4.55. The molecule has 0 amide bonds. The minimum atomic E-state index is -3.35. The lowest BCUT2D eigenvalue weighted by Crippen LogP contribution is -2.23. The molecule has 0 radical (unpaired) electrons. The number of benzene rings is 1. The monoisotopic (exact) mass is 305 g/mol. The van der Waals surface area contributed by atoms with Gasteiger partial charge in [-0.3, -0.25) is 4.68 Å². The molecule has 21 heavy (non-hydrogen) atoms. The highest BCUT2D eigenvalue weighted by Gasteiger charge is 2.13. The minimum Gasteiger partial charge on any atom is -0.309 e. The van der Waals surface area contributed by atoms with Crippen molar-refractivity contribution in [1.82, 2.24) is 20.1 Å². The summed E-state index contributed by atoms with van der Waals surface area (Å²) in [5.74, 6) is 0.597. The molecule has 7 nitrogen and oxygen atoms in total. The van der Waals surface area contributed by atoms with Crippen LogP contribution in [0.4, 0.5) is 0 Å². The Morgan fingerprint density at radius 3 is 2.62 bits per heavy atom. The Bertz CT molecular complexity index is 744. The fourth-order valence-electron chi connectivity index (χ4n) is 1.73. The normalized spacial score (nSPS) is 11.2. The number of nitrogens with one attached hydrogen (secondary N) is 1. The van der Waals surface area contributed by atoms with Crippen molar-refractivity contribution in [1.29, 1.82) is 5.26 Å². The Morgan fingerprint density at radius 1 is 1.33 bits per heavy atom. The number of sulfone groups is 1. The van der Waals surface area contributed by atoms with E-state index in [9.17, 15) is 8.42 Å². The molecule has 2 aromatic rings. The van der Waals surface area contributed by atoms with E-state index in [1.807, 2.05) is 6.07 Å². The molecule has 1 heterocycles. The Kier molecular flexibility index (Phi) is 4.67. The molecule has 0 fully saturated rings. The van der Waals surface area contributed by atoms with Crippen molar-refractivity contribution in [2.24, 2.45) is 7.05 Å². The summed E-state index contributed by atoms with van der Waals surface area (Å²) in [4.78, 5) is 4.26. The summed E-state index contributed by atoms with van der Waals surface area (Å²) in [6, 6.07) is 7.86. The molecule has 1 aromatic carbocycles. The zero-order valence-electron chi connectivity index (χ0n) is 11.5. The minimum absolute atomic E-state index is 0.0221. The van der Waals surface area contributed by atoms with Crippen LogP contribution in [-0.2, 0) is 23.4 Å². The van der Waals surface area contributed by atoms with Crippen molar-refractivity contribution < 1.29 is 8.42 Å². The van der Waals surface area contributed by atoms with Gasteiger partial charge in [-0.05, 0) is 24.3 Å². The first kappa shape index (κ1) is 15.2. The van der Waals surface area contributed by atoms with E-state index >= 15 is 0 Å². The number of aryl methyl sites for hydroxylation is 1. The predicted octanol–water partition coefficient (Wildman–Crippen LogP) is 0.250. The maximum atomic E-state index is 12.1. The molecule has 0 aliphatic carbocycles. The molecule has 0 unspecified atom stereocenters. The van der Waals surface area contributed by atoms with E-state index in [-0.39, 0.29) is 10.6 Å². The average Bonchev–Trinajstić information content (AvgIpc) is 2.89. The van der Waals surface area contributed by atoms with E-state index in [4.69, 9.17) is 5.26 Å². The SMILES string of the molecule is Cn1cnc(CNCCS(=O)(=O)c2ccc(C#N)cc2)n1. The second-order valence-corrected chi connectivity index (χ2v) is 6.58. The molecule has 0 bridgehead atoms. The first-order valence-electron chi connectivity index (χ1n) is 6.29. The van der Waals surface area contributed by atoms with Gasteiger partial charge in [0.05, 0.1) is 28.8 Å². The van der Waals surface area contributed by atoms with Crippen LogP contribution in [-0.4, -0.2) is 35.5 Å². The van der Waals surface area contributed by atoms with E-state index in [1.165, 1.54) is 24.3 Å². The summed E-state index contributed by atoms with van der Waals surface area (Å²) in [5.41, 5.74) is 0.438. The summed E-state index contributed by atoms with van der Waals surface area (Å²) in [6.45, 7) is 0.727. The lowest BCUT2D eigenvalue weighted by atomic mass is 10.2. The molecular weight excluding hydrogens is 290 g/mol. The molecule has 1 N–H and O–H groups in total. The molecule has 8 heteroatoms. The van der Waals surface area contributed by atoms with Crippen LogP contribution in [0.5, 0.6) is 0 Å². The summed E-state index contributed by atoms with van der Waals surface area (Å²) in [5, 5.41) is 15.8. The molecule has 0 saturated carbocycles. The zero-order chi connectivity index (χ0) is 15.3. The number of nitrogens with zero attached hydrogens (tertiary/aromatic N) is 4. The molecule has 0 aliphatic rings. The van der Waals surface area contributed by atoms with E-state index in [2.05, 4.69) is 15.4 Å². The number of nitriles is 1. The van der Waals surface area contributed by atoms with Crippen LogP contribution in [0.1, 0.15) is 11.4 Å². The molecular formula is C13H15N5O2S. The van der Waals surface area contributed by atoms with Crippen molar-refractivity contribution in [3.63, 3.8) is 0 Å². The molecule has 0 aliphatic heterocycles. The van der Waals surface area contributed by atoms with Crippen molar-refractivity contribution in [2.45, 2.75) is 11.4 Å². The predicted molar refractivity (Wildman–Crippen MR) is 75.9 cm³/mol. The van der Waals surface area contributed by atoms with Gasteiger partial charge in [0.15, 0.2) is 15.7 Å². The van der Waals surface area contributed by atoms with Crippen LogP contribution in [0.25, 0.3) is 0 Å². The van der Waals surface area contributed by atoms with Gasteiger partial charge in [0, 0.05) is 13.6 Å². The van der Waals surface area contributed by atoms with Crippen LogP contribution >= 0.6 is 0 Å². The first-order chi connectivity index (χ1) is 10.0. The number of rotatable bonds is 6. The van der Waals surface area contributed by atoms with Crippen LogP contribution in [0.3, 0.4) is 0 Å². The summed E-state index contributed by atoms with van der Waals surface area (Å²) in [6.07, 6.45) is 1.59. The fraction of sp³-hybridized carbons (Fsp3) is 0.308. The van der Waals surface area contributed by atoms with Gasteiger partial charge in [-0.1, -0.05) is 0 Å². The number of hydrogen-bond donors (Lipinski definition) is 1. The van der Waals surface area contributed by atoms with Gasteiger partial charge in [-0.2, -0.15) is 10.4 Å². The molecule has 0 saturated heterocycles. The Morgan fingerprint density at radius 2 is 2.05 bits per heavy atom. The van der Waals surface area contributed by atoms with Gasteiger partial charge in [0.1, 0.15) is 6.33 Å². The summed E-state index contributed by atoms with van der Waals surface area (Å²) in [7, 11) is -1.58. The summed E-state index contributed by atoms with van der Waals surface area (Å²) < 4.78 is 25.8. The fourth-order valence-corrected chi connectivity index (χ4v) is 2.93. The van der Waals surface area contributed by atoms with Gasteiger partial charge in [0.25, 0.3) is 0 Å². The Labute approximate surface area is 123 Å². The van der Waals surface area contributed by atoms with E-state index in [0.717, 1.165) is 0 Å². The van der Waals surface area contributed by atoms with Gasteiger partial charge in [0.2, 0.25) is 0 Å². The van der Waals surface area contributed by atoms with Gasteiger partial charge < -0.3 is 5.32 Å². The molecule has 2 rings (SSSR count). The third kappa shape index (κ3) is 4.11. The van der Waals surface area contributed by atoms with Crippen LogP contribution in [0.2, 0.25) is 0 Å². The van der Waals surface area contributed by atoms with Crippen molar-refractivity contribution in [3.8, 4) is 6.07 Å². The lowest BCUT2D eigenvalue weighted by molar-refractivity contribution is 0.589. The maximum absolute atomic E-state index is 12.1. The topological polar surface area (TPSA) is 101 Å². The molecule has 110 valence electrons. The smallest absolute Gasteiger partial charge is 0.179 e. The average molecular weight is 305 g/mol. The highest BCUT2D eigenvalue weighted by molar-refractivity contribution is 7.91. The Balaban J connectivity index is 1.87. The standard InChI is InChI=1S/C13H15N5O2S/c1-18-10-16-13(17-18)9-15-6-7-21(19,20)12-4-2-11(8-14)3-5-12/h2-5,10,15H,6-7,9H2,1H3. The van der Waals surface area contributed by atoms with Crippen LogP contribution < -0.4 is 5.32 Å². The maximum Gasteiger partial charge on any atom is 0.179 e. The number of aromatic nitrogens is 3. The molecule has 1 aromatic heterocycles. The van der Waals surface area contributed by atoms with Gasteiger partial charge in [-0.15, -0.1) is 0 Å². The third-order valence-electron chi connectivity index (χ3n) is 2.82. The van der Waals surface area contributed by atoms with Gasteiger partial charge in [-0.25, -0.2) is 13.4 Å². The second kappa shape index (κ2) is 6.47. The Hall–Kier alpha value is -2.24. The molecule has 0 spiro atoms. The highest BCUT2D eigenvalue weighted by Crippen LogP contribution is 2.11. The second-order valence-electron chi connectivity index (χ2n) is 4.47. The lowest BCUT2D eigenvalue weighted by Gasteiger charge is -2.05. The van der Waals surface area contributed by atoms with E-state index < -0.39 is 9.84 Å². The van der Waals surface area contributed by atoms with E-state index in [0.29, 0.717) is 24.5 Å². The van der Waals surface area contributed by atoms with E-state index in [1.54, 1.807) is 18.1 Å².